The van der Waals surface area contributed by atoms with Gasteiger partial charge in [-0.25, -0.2) is 9.67 Å². The zero-order chi connectivity index (χ0) is 16.9. The average molecular weight is 322 g/mol. The maximum atomic E-state index is 11.1. The van der Waals surface area contributed by atoms with Crippen molar-refractivity contribution in [3.05, 3.63) is 65.7 Å². The van der Waals surface area contributed by atoms with Crippen LogP contribution in [0.5, 0.6) is 0 Å². The maximum absolute atomic E-state index is 11.1. The minimum Gasteiger partial charge on any atom is -0.327 e. The molecule has 0 aromatic carbocycles. The summed E-state index contributed by atoms with van der Waals surface area (Å²) in [5.41, 5.74) is 2.59. The molecule has 0 aliphatic carbocycles. The SMILES string of the molecule is CC(=O)NC(N=O)c1cccc(-c2cnn(-c3cccnc3)c2)n1. The third-order valence-electron chi connectivity index (χ3n) is 3.28. The number of aromatic nitrogens is 4. The van der Waals surface area contributed by atoms with E-state index in [1.165, 1.54) is 6.92 Å². The molecule has 0 spiro atoms. The number of amides is 1. The molecule has 1 amide bonds. The smallest absolute Gasteiger partial charge is 0.218 e. The summed E-state index contributed by atoms with van der Waals surface area (Å²) in [6.07, 6.45) is 5.85. The predicted octanol–water partition coefficient (Wildman–Crippen LogP) is 2.23. The summed E-state index contributed by atoms with van der Waals surface area (Å²) in [6, 6.07) is 8.89. The number of rotatable bonds is 5. The van der Waals surface area contributed by atoms with Gasteiger partial charge in [0, 0.05) is 24.9 Å². The van der Waals surface area contributed by atoms with Crippen LogP contribution in [0.3, 0.4) is 0 Å². The Bertz CT molecular complexity index is 862. The third-order valence-corrected chi connectivity index (χ3v) is 3.28. The van der Waals surface area contributed by atoms with Crippen LogP contribution in [0.15, 0.2) is 60.3 Å². The van der Waals surface area contributed by atoms with Gasteiger partial charge in [0.15, 0.2) is 0 Å². The lowest BCUT2D eigenvalue weighted by Crippen LogP contribution is -2.25. The Kier molecular flexibility index (Phi) is 4.37. The van der Waals surface area contributed by atoms with Crippen LogP contribution in [0.2, 0.25) is 0 Å². The zero-order valence-electron chi connectivity index (χ0n) is 12.8. The number of carbonyl (C=O) groups is 1. The number of nitrogens with one attached hydrogen (secondary N) is 1. The first-order valence-electron chi connectivity index (χ1n) is 7.19. The Morgan fingerprint density at radius 3 is 2.83 bits per heavy atom. The van der Waals surface area contributed by atoms with E-state index >= 15 is 0 Å². The number of hydrogen-bond donors (Lipinski definition) is 1. The lowest BCUT2D eigenvalue weighted by Gasteiger charge is -2.10. The van der Waals surface area contributed by atoms with E-state index in [1.54, 1.807) is 41.5 Å². The molecule has 0 fully saturated rings. The molecule has 24 heavy (non-hydrogen) atoms. The van der Waals surface area contributed by atoms with Crippen molar-refractivity contribution in [2.75, 3.05) is 0 Å². The van der Waals surface area contributed by atoms with Crippen molar-refractivity contribution in [3.8, 4) is 16.9 Å². The highest BCUT2D eigenvalue weighted by atomic mass is 16.3. The number of carbonyl (C=O) groups excluding carboxylic acids is 1. The number of pyridine rings is 2. The number of nitroso groups, excluding NO2 is 1. The molecular formula is C16H14N6O2. The molecule has 3 heterocycles. The van der Waals surface area contributed by atoms with E-state index in [0.717, 1.165) is 11.3 Å². The van der Waals surface area contributed by atoms with E-state index in [4.69, 9.17) is 0 Å². The Balaban J connectivity index is 1.91. The number of hydrogen-bond acceptors (Lipinski definition) is 6. The van der Waals surface area contributed by atoms with Crippen LogP contribution in [0.4, 0.5) is 0 Å². The molecule has 3 rings (SSSR count). The summed E-state index contributed by atoms with van der Waals surface area (Å²) in [5.74, 6) is -0.351. The fraction of sp³-hybridized carbons (Fsp3) is 0.125. The minimum absolute atomic E-state index is 0.351. The van der Waals surface area contributed by atoms with E-state index < -0.39 is 6.17 Å². The molecule has 0 saturated heterocycles. The van der Waals surface area contributed by atoms with Crippen LogP contribution in [0.1, 0.15) is 18.8 Å². The molecule has 1 atom stereocenters. The zero-order valence-corrected chi connectivity index (χ0v) is 12.8. The van der Waals surface area contributed by atoms with Crippen molar-refractivity contribution in [1.82, 2.24) is 25.1 Å². The van der Waals surface area contributed by atoms with Gasteiger partial charge in [0.25, 0.3) is 0 Å². The van der Waals surface area contributed by atoms with Gasteiger partial charge >= 0.3 is 0 Å². The standard InChI is InChI=1S/C16H14N6O2/c1-11(23)19-16(21-24)15-6-2-5-14(20-15)12-8-18-22(10-12)13-4-3-7-17-9-13/h2-10,16H,1H3,(H,19,23). The highest BCUT2D eigenvalue weighted by Crippen LogP contribution is 2.21. The monoisotopic (exact) mass is 322 g/mol. The largest absolute Gasteiger partial charge is 0.327 e. The van der Waals surface area contributed by atoms with Crippen molar-refractivity contribution >= 4 is 5.91 Å². The van der Waals surface area contributed by atoms with Crippen molar-refractivity contribution < 1.29 is 4.79 Å². The van der Waals surface area contributed by atoms with Crippen LogP contribution in [0, 0.1) is 4.91 Å². The van der Waals surface area contributed by atoms with Gasteiger partial charge in [0.2, 0.25) is 12.1 Å². The van der Waals surface area contributed by atoms with Crippen LogP contribution in [-0.2, 0) is 4.79 Å². The van der Waals surface area contributed by atoms with E-state index in [-0.39, 0.29) is 5.91 Å². The van der Waals surface area contributed by atoms with E-state index in [2.05, 4.69) is 25.6 Å². The van der Waals surface area contributed by atoms with Gasteiger partial charge < -0.3 is 5.32 Å². The Morgan fingerprint density at radius 2 is 2.12 bits per heavy atom. The van der Waals surface area contributed by atoms with Gasteiger partial charge in [-0.2, -0.15) is 5.10 Å². The molecular weight excluding hydrogens is 308 g/mol. The molecule has 0 bridgehead atoms. The van der Waals surface area contributed by atoms with Crippen LogP contribution in [0.25, 0.3) is 16.9 Å². The summed E-state index contributed by atoms with van der Waals surface area (Å²) >= 11 is 0. The summed E-state index contributed by atoms with van der Waals surface area (Å²) in [4.78, 5) is 30.5. The summed E-state index contributed by atoms with van der Waals surface area (Å²) in [7, 11) is 0. The molecule has 0 aliphatic rings. The fourth-order valence-electron chi connectivity index (χ4n) is 2.20. The van der Waals surface area contributed by atoms with Crippen molar-refractivity contribution in [2.45, 2.75) is 13.1 Å². The maximum Gasteiger partial charge on any atom is 0.218 e. The minimum atomic E-state index is -1.02. The van der Waals surface area contributed by atoms with Gasteiger partial charge in [0.1, 0.15) is 0 Å². The molecule has 3 aromatic heterocycles. The van der Waals surface area contributed by atoms with E-state index in [0.29, 0.717) is 11.4 Å². The second kappa shape index (κ2) is 6.78. The average Bonchev–Trinajstić information content (AvgIpc) is 3.10. The Morgan fingerprint density at radius 1 is 1.25 bits per heavy atom. The van der Waals surface area contributed by atoms with Crippen molar-refractivity contribution in [3.63, 3.8) is 0 Å². The lowest BCUT2D eigenvalue weighted by atomic mass is 10.2. The quantitative estimate of drug-likeness (QED) is 0.726. The van der Waals surface area contributed by atoms with Gasteiger partial charge in [-0.05, 0) is 29.4 Å². The molecule has 0 aliphatic heterocycles. The van der Waals surface area contributed by atoms with Crippen LogP contribution >= 0.6 is 0 Å². The molecule has 8 nitrogen and oxygen atoms in total. The molecule has 1 N–H and O–H groups in total. The molecule has 1 unspecified atom stereocenters. The first-order chi connectivity index (χ1) is 11.7. The summed E-state index contributed by atoms with van der Waals surface area (Å²) in [5, 5.41) is 9.65. The summed E-state index contributed by atoms with van der Waals surface area (Å²) < 4.78 is 1.68. The van der Waals surface area contributed by atoms with Crippen LogP contribution < -0.4 is 5.32 Å². The fourth-order valence-corrected chi connectivity index (χ4v) is 2.20. The van der Waals surface area contributed by atoms with E-state index in [9.17, 15) is 9.70 Å². The number of nitrogens with zero attached hydrogens (tertiary/aromatic N) is 5. The first-order valence-corrected chi connectivity index (χ1v) is 7.19. The lowest BCUT2D eigenvalue weighted by molar-refractivity contribution is -0.119. The topological polar surface area (TPSA) is 102 Å². The van der Waals surface area contributed by atoms with E-state index in [1.807, 2.05) is 18.3 Å². The molecule has 8 heteroatoms. The van der Waals surface area contributed by atoms with Gasteiger partial charge in [-0.3, -0.25) is 9.78 Å². The second-order valence-electron chi connectivity index (χ2n) is 5.04. The van der Waals surface area contributed by atoms with Gasteiger partial charge in [-0.15, -0.1) is 4.91 Å². The van der Waals surface area contributed by atoms with Gasteiger partial charge in [-0.1, -0.05) is 6.07 Å². The summed E-state index contributed by atoms with van der Waals surface area (Å²) in [6.45, 7) is 1.32. The Labute approximate surface area is 137 Å². The third kappa shape index (κ3) is 3.32. The molecule has 120 valence electrons. The normalized spacial score (nSPS) is 11.7. The molecule has 3 aromatic rings. The van der Waals surface area contributed by atoms with Crippen molar-refractivity contribution in [1.29, 1.82) is 0 Å². The second-order valence-corrected chi connectivity index (χ2v) is 5.04. The Hall–Kier alpha value is -3.42. The molecule has 0 saturated carbocycles. The highest BCUT2D eigenvalue weighted by molar-refractivity contribution is 5.73. The first kappa shape index (κ1) is 15.5. The van der Waals surface area contributed by atoms with Gasteiger partial charge in [0.05, 0.1) is 29.5 Å². The molecule has 0 radical (unpaired) electrons. The predicted molar refractivity (Wildman–Crippen MR) is 86.9 cm³/mol. The van der Waals surface area contributed by atoms with Crippen LogP contribution in [-0.4, -0.2) is 25.7 Å². The van der Waals surface area contributed by atoms with Crippen molar-refractivity contribution in [2.24, 2.45) is 5.18 Å². The highest BCUT2D eigenvalue weighted by Gasteiger charge is 2.15.